The summed E-state index contributed by atoms with van der Waals surface area (Å²) in [6.07, 6.45) is 0. The lowest BCUT2D eigenvalue weighted by molar-refractivity contribution is -0.140. The molecule has 3 nitrogen and oxygen atoms in total. The maximum atomic E-state index is 11.1. The molecule has 0 atom stereocenters. The molecule has 2 aromatic heterocycles. The smallest absolute Gasteiger partial charge is 0.333 e. The minimum Gasteiger partial charge on any atom is -0.457 e. The zero-order valence-corrected chi connectivity index (χ0v) is 7.87. The molecule has 2 bridgehead atoms. The van der Waals surface area contributed by atoms with Gasteiger partial charge in [-0.1, -0.05) is 6.58 Å². The van der Waals surface area contributed by atoms with Gasteiger partial charge in [0.1, 0.15) is 17.8 Å². The number of benzene rings is 1. The second kappa shape index (κ2) is 3.18. The van der Waals surface area contributed by atoms with Gasteiger partial charge in [0.05, 0.1) is 0 Å². The number of esters is 1. The van der Waals surface area contributed by atoms with Crippen molar-refractivity contribution in [3.63, 3.8) is 0 Å². The number of carbonyl (C=O) groups is 1. The van der Waals surface area contributed by atoms with Crippen molar-refractivity contribution in [1.29, 1.82) is 0 Å². The lowest BCUT2D eigenvalue weighted by Gasteiger charge is -2.01. The molecule has 3 heteroatoms. The molecule has 0 aliphatic rings. The quantitative estimate of drug-likeness (QED) is 0.551. The number of hydrogen-bond donors (Lipinski definition) is 0. The van der Waals surface area contributed by atoms with E-state index in [1.54, 1.807) is 6.92 Å². The van der Waals surface area contributed by atoms with Crippen LogP contribution in [-0.2, 0) is 16.1 Å². The summed E-state index contributed by atoms with van der Waals surface area (Å²) in [5, 5.41) is 0. The number of fused-ring (bicyclic) bond motifs is 2. The van der Waals surface area contributed by atoms with E-state index in [4.69, 9.17) is 9.15 Å². The Morgan fingerprint density at radius 3 is 2.86 bits per heavy atom. The normalized spacial score (nSPS) is 10.6. The Morgan fingerprint density at radius 1 is 1.57 bits per heavy atom. The maximum absolute atomic E-state index is 11.1. The van der Waals surface area contributed by atoms with E-state index >= 15 is 0 Å². The second-order valence-corrected chi connectivity index (χ2v) is 3.23. The average molecular weight is 190 g/mol. The molecule has 0 saturated carbocycles. The Morgan fingerprint density at radius 2 is 2.36 bits per heavy atom. The van der Waals surface area contributed by atoms with E-state index in [-0.39, 0.29) is 12.6 Å². The minimum atomic E-state index is -0.372. The van der Waals surface area contributed by atoms with E-state index in [1.807, 2.05) is 18.2 Å². The van der Waals surface area contributed by atoms with Gasteiger partial charge in [0.15, 0.2) is 0 Å². The van der Waals surface area contributed by atoms with E-state index in [1.165, 1.54) is 0 Å². The third-order valence-electron chi connectivity index (χ3n) is 1.97. The molecule has 0 unspecified atom stereocenters. The second-order valence-electron chi connectivity index (χ2n) is 3.23. The van der Waals surface area contributed by atoms with Gasteiger partial charge in [-0.3, -0.25) is 0 Å². The van der Waals surface area contributed by atoms with Gasteiger partial charge >= 0.3 is 5.97 Å². The first-order chi connectivity index (χ1) is 6.66. The highest BCUT2D eigenvalue weighted by Crippen LogP contribution is 2.22. The SMILES string of the molecule is C=C(C)C(=O)OCc1cc2ccc1o2. The third-order valence-corrected chi connectivity index (χ3v) is 1.97. The predicted octanol–water partition coefficient (Wildman–Crippen LogP) is 2.49. The van der Waals surface area contributed by atoms with Crippen molar-refractivity contribution < 1.29 is 13.9 Å². The van der Waals surface area contributed by atoms with Crippen molar-refractivity contribution in [3.8, 4) is 0 Å². The Bertz CT molecular complexity index is 467. The highest BCUT2D eigenvalue weighted by atomic mass is 16.5. The lowest BCUT2D eigenvalue weighted by Crippen LogP contribution is -2.04. The summed E-state index contributed by atoms with van der Waals surface area (Å²) in [6, 6.07) is 5.60. The third kappa shape index (κ3) is 1.48. The standard InChI is InChI=1S/C11H10O3/c1-7(2)11(12)13-6-8-5-9-3-4-10(8)14-9/h3-5H,1,6H2,2H3. The van der Waals surface area contributed by atoms with Crippen LogP contribution in [0.2, 0.25) is 0 Å². The Kier molecular flexibility index (Phi) is 2.00. The molecule has 0 aliphatic heterocycles. The van der Waals surface area contributed by atoms with E-state index in [9.17, 15) is 4.79 Å². The molecule has 14 heavy (non-hydrogen) atoms. The summed E-state index contributed by atoms with van der Waals surface area (Å²) in [6.45, 7) is 5.36. The van der Waals surface area contributed by atoms with Crippen molar-refractivity contribution in [2.75, 3.05) is 0 Å². The summed E-state index contributed by atoms with van der Waals surface area (Å²) in [7, 11) is 0. The first kappa shape index (κ1) is 8.81. The van der Waals surface area contributed by atoms with Crippen molar-refractivity contribution in [1.82, 2.24) is 0 Å². The maximum Gasteiger partial charge on any atom is 0.333 e. The van der Waals surface area contributed by atoms with Gasteiger partial charge in [-0.25, -0.2) is 4.79 Å². The fraction of sp³-hybridized carbons (Fsp3) is 0.182. The number of carbonyl (C=O) groups excluding carboxylic acids is 1. The number of rotatable bonds is 3. The van der Waals surface area contributed by atoms with Crippen molar-refractivity contribution in [3.05, 3.63) is 35.9 Å². The molecule has 2 rings (SSSR count). The largest absolute Gasteiger partial charge is 0.457 e. The Balaban J connectivity index is 2.02. The Labute approximate surface area is 81.3 Å². The van der Waals surface area contributed by atoms with E-state index in [0.29, 0.717) is 5.57 Å². The molecule has 72 valence electrons. The average Bonchev–Trinajstić information content (AvgIpc) is 2.74. The monoisotopic (exact) mass is 190 g/mol. The highest BCUT2D eigenvalue weighted by molar-refractivity contribution is 5.87. The molecule has 0 spiro atoms. The van der Waals surface area contributed by atoms with Crippen LogP contribution in [-0.4, -0.2) is 5.97 Å². The van der Waals surface area contributed by atoms with Gasteiger partial charge in [0.25, 0.3) is 0 Å². The summed E-state index contributed by atoms with van der Waals surface area (Å²) >= 11 is 0. The fourth-order valence-electron chi connectivity index (χ4n) is 1.23. The van der Waals surface area contributed by atoms with Crippen molar-refractivity contribution in [2.24, 2.45) is 0 Å². The first-order valence-electron chi connectivity index (χ1n) is 4.30. The highest BCUT2D eigenvalue weighted by Gasteiger charge is 2.09. The summed E-state index contributed by atoms with van der Waals surface area (Å²) < 4.78 is 10.3. The number of hydrogen-bond acceptors (Lipinski definition) is 3. The van der Waals surface area contributed by atoms with Gasteiger partial charge in [0.2, 0.25) is 0 Å². The molecular weight excluding hydrogens is 180 g/mol. The van der Waals surface area contributed by atoms with Crippen LogP contribution < -0.4 is 0 Å². The van der Waals surface area contributed by atoms with Crippen LogP contribution in [0.5, 0.6) is 0 Å². The van der Waals surface area contributed by atoms with Crippen LogP contribution in [0, 0.1) is 0 Å². The first-order valence-corrected chi connectivity index (χ1v) is 4.30. The van der Waals surface area contributed by atoms with Gasteiger partial charge in [0, 0.05) is 11.1 Å². The Hall–Kier alpha value is -1.77. The molecule has 0 radical (unpaired) electrons. The molecule has 2 heterocycles. The van der Waals surface area contributed by atoms with Crippen molar-refractivity contribution >= 4 is 17.1 Å². The van der Waals surface area contributed by atoms with Gasteiger partial charge in [-0.15, -0.1) is 0 Å². The molecule has 0 fully saturated rings. The number of furan rings is 2. The van der Waals surface area contributed by atoms with Gasteiger partial charge in [-0.2, -0.15) is 0 Å². The van der Waals surface area contributed by atoms with Crippen LogP contribution in [0.3, 0.4) is 0 Å². The molecule has 0 saturated heterocycles. The van der Waals surface area contributed by atoms with Gasteiger partial charge < -0.3 is 9.15 Å². The molecule has 0 amide bonds. The molecule has 0 N–H and O–H groups in total. The lowest BCUT2D eigenvalue weighted by atomic mass is 10.2. The molecule has 0 aliphatic carbocycles. The summed E-state index contributed by atoms with van der Waals surface area (Å²) in [5.74, 6) is -0.372. The topological polar surface area (TPSA) is 39.4 Å². The number of ether oxygens (including phenoxy) is 1. The van der Waals surface area contributed by atoms with Crippen LogP contribution in [0.1, 0.15) is 12.5 Å². The van der Waals surface area contributed by atoms with Crippen LogP contribution in [0.15, 0.2) is 34.8 Å². The van der Waals surface area contributed by atoms with Crippen LogP contribution in [0.25, 0.3) is 11.2 Å². The van der Waals surface area contributed by atoms with Crippen molar-refractivity contribution in [2.45, 2.75) is 13.5 Å². The predicted molar refractivity (Wildman–Crippen MR) is 52.0 cm³/mol. The molecule has 2 aromatic rings. The van der Waals surface area contributed by atoms with Crippen LogP contribution >= 0.6 is 0 Å². The van der Waals surface area contributed by atoms with Crippen LogP contribution in [0.4, 0.5) is 0 Å². The fourth-order valence-corrected chi connectivity index (χ4v) is 1.23. The summed E-state index contributed by atoms with van der Waals surface area (Å²) in [4.78, 5) is 11.1. The minimum absolute atomic E-state index is 0.245. The molecular formula is C11H10O3. The van der Waals surface area contributed by atoms with E-state index in [2.05, 4.69) is 6.58 Å². The molecule has 0 aromatic carbocycles. The summed E-state index contributed by atoms with van der Waals surface area (Å²) in [5.41, 5.74) is 2.89. The zero-order valence-electron chi connectivity index (χ0n) is 7.87. The van der Waals surface area contributed by atoms with E-state index < -0.39 is 0 Å². The zero-order chi connectivity index (χ0) is 10.1. The van der Waals surface area contributed by atoms with E-state index in [0.717, 1.165) is 16.7 Å². The van der Waals surface area contributed by atoms with Gasteiger partial charge in [-0.05, 0) is 25.1 Å².